The van der Waals surface area contributed by atoms with Gasteiger partial charge in [-0.1, -0.05) is 30.3 Å². The summed E-state index contributed by atoms with van der Waals surface area (Å²) in [4.78, 5) is 6.58. The lowest BCUT2D eigenvalue weighted by atomic mass is 9.99. The van der Waals surface area contributed by atoms with Crippen molar-refractivity contribution in [2.45, 2.75) is 12.3 Å². The van der Waals surface area contributed by atoms with Crippen molar-refractivity contribution in [3.8, 4) is 6.07 Å². The van der Waals surface area contributed by atoms with Gasteiger partial charge in [0.15, 0.2) is 0 Å². The molecule has 0 bridgehead atoms. The Hall–Kier alpha value is -2.34. The molecule has 1 unspecified atom stereocenters. The van der Waals surface area contributed by atoms with Gasteiger partial charge in [-0.25, -0.2) is 4.98 Å². The van der Waals surface area contributed by atoms with E-state index in [-0.39, 0.29) is 0 Å². The number of benzene rings is 1. The number of hydrogen-bond donors (Lipinski definition) is 0. The first-order chi connectivity index (χ1) is 9.38. The van der Waals surface area contributed by atoms with Gasteiger partial charge in [-0.05, 0) is 24.1 Å². The second-order valence-corrected chi connectivity index (χ2v) is 4.83. The number of pyridine rings is 1. The summed E-state index contributed by atoms with van der Waals surface area (Å²) in [5, 5.41) is 9.15. The molecule has 3 rings (SSSR count). The van der Waals surface area contributed by atoms with Gasteiger partial charge in [0.2, 0.25) is 0 Å². The Morgan fingerprint density at radius 2 is 2.00 bits per heavy atom. The maximum absolute atomic E-state index is 9.15. The molecule has 1 atom stereocenters. The highest BCUT2D eigenvalue weighted by Crippen LogP contribution is 2.30. The van der Waals surface area contributed by atoms with Gasteiger partial charge in [0.1, 0.15) is 11.9 Å². The van der Waals surface area contributed by atoms with Crippen molar-refractivity contribution >= 4 is 5.82 Å². The fourth-order valence-corrected chi connectivity index (χ4v) is 2.69. The quantitative estimate of drug-likeness (QED) is 0.821. The van der Waals surface area contributed by atoms with Crippen LogP contribution in [0.25, 0.3) is 0 Å². The SMILES string of the molecule is N#Cc1cccnc1N1CCC(c2ccccc2)C1. The largest absolute Gasteiger partial charge is 0.355 e. The van der Waals surface area contributed by atoms with Crippen molar-refractivity contribution in [1.29, 1.82) is 5.26 Å². The molecule has 1 saturated heterocycles. The molecular weight excluding hydrogens is 234 g/mol. The molecule has 0 N–H and O–H groups in total. The number of aromatic nitrogens is 1. The van der Waals surface area contributed by atoms with Crippen LogP contribution in [0.15, 0.2) is 48.7 Å². The Morgan fingerprint density at radius 3 is 2.79 bits per heavy atom. The second-order valence-electron chi connectivity index (χ2n) is 4.83. The maximum atomic E-state index is 9.15. The highest BCUT2D eigenvalue weighted by atomic mass is 15.2. The minimum absolute atomic E-state index is 0.537. The molecule has 3 heteroatoms. The average molecular weight is 249 g/mol. The summed E-state index contributed by atoms with van der Waals surface area (Å²) in [7, 11) is 0. The van der Waals surface area contributed by atoms with Crippen molar-refractivity contribution in [2.75, 3.05) is 18.0 Å². The van der Waals surface area contributed by atoms with Gasteiger partial charge in [0.25, 0.3) is 0 Å². The highest BCUT2D eigenvalue weighted by molar-refractivity contribution is 5.54. The van der Waals surface area contributed by atoms with E-state index in [4.69, 9.17) is 5.26 Å². The van der Waals surface area contributed by atoms with E-state index in [1.165, 1.54) is 5.56 Å². The molecule has 1 aromatic heterocycles. The molecule has 0 aliphatic carbocycles. The zero-order chi connectivity index (χ0) is 13.1. The molecule has 1 aromatic carbocycles. The fourth-order valence-electron chi connectivity index (χ4n) is 2.69. The summed E-state index contributed by atoms with van der Waals surface area (Å²) >= 11 is 0. The van der Waals surface area contributed by atoms with Crippen LogP contribution >= 0.6 is 0 Å². The van der Waals surface area contributed by atoms with E-state index in [0.717, 1.165) is 25.3 Å². The Labute approximate surface area is 113 Å². The van der Waals surface area contributed by atoms with Gasteiger partial charge in [0, 0.05) is 25.2 Å². The standard InChI is InChI=1S/C16H15N3/c17-11-14-7-4-9-18-16(14)19-10-8-15(12-19)13-5-2-1-3-6-13/h1-7,9,15H,8,10,12H2. The van der Waals surface area contributed by atoms with Gasteiger partial charge in [-0.2, -0.15) is 5.26 Å². The third-order valence-corrected chi connectivity index (χ3v) is 3.67. The lowest BCUT2D eigenvalue weighted by molar-refractivity contribution is 0.774. The summed E-state index contributed by atoms with van der Waals surface area (Å²) in [6, 6.07) is 16.4. The Kier molecular flexibility index (Phi) is 3.16. The lowest BCUT2D eigenvalue weighted by Crippen LogP contribution is -2.21. The zero-order valence-corrected chi connectivity index (χ0v) is 10.7. The van der Waals surface area contributed by atoms with E-state index in [2.05, 4.69) is 40.2 Å². The summed E-state index contributed by atoms with van der Waals surface area (Å²) in [5.41, 5.74) is 2.04. The molecule has 94 valence electrons. The van der Waals surface area contributed by atoms with Gasteiger partial charge in [-0.15, -0.1) is 0 Å². The minimum atomic E-state index is 0.537. The number of anilines is 1. The van der Waals surface area contributed by atoms with Crippen LogP contribution in [0.4, 0.5) is 5.82 Å². The summed E-state index contributed by atoms with van der Waals surface area (Å²) in [5.74, 6) is 1.36. The lowest BCUT2D eigenvalue weighted by Gasteiger charge is -2.18. The maximum Gasteiger partial charge on any atom is 0.146 e. The van der Waals surface area contributed by atoms with Crippen molar-refractivity contribution in [3.63, 3.8) is 0 Å². The Bertz CT molecular complexity index is 601. The van der Waals surface area contributed by atoms with Crippen LogP contribution in [0.5, 0.6) is 0 Å². The second kappa shape index (κ2) is 5.11. The molecule has 1 aliphatic rings. The van der Waals surface area contributed by atoms with Crippen LogP contribution in [0.3, 0.4) is 0 Å². The molecule has 19 heavy (non-hydrogen) atoms. The van der Waals surface area contributed by atoms with Crippen LogP contribution in [0.2, 0.25) is 0 Å². The Morgan fingerprint density at radius 1 is 1.16 bits per heavy atom. The van der Waals surface area contributed by atoms with E-state index in [1.54, 1.807) is 6.20 Å². The third kappa shape index (κ3) is 2.30. The van der Waals surface area contributed by atoms with Crippen molar-refractivity contribution < 1.29 is 0 Å². The summed E-state index contributed by atoms with van der Waals surface area (Å²) < 4.78 is 0. The predicted molar refractivity (Wildman–Crippen MR) is 75.0 cm³/mol. The molecule has 0 spiro atoms. The minimum Gasteiger partial charge on any atom is -0.355 e. The number of hydrogen-bond acceptors (Lipinski definition) is 3. The molecular formula is C16H15N3. The first kappa shape index (κ1) is 11.7. The van der Waals surface area contributed by atoms with Crippen molar-refractivity contribution in [3.05, 3.63) is 59.8 Å². The van der Waals surface area contributed by atoms with E-state index in [9.17, 15) is 0 Å². The highest BCUT2D eigenvalue weighted by Gasteiger charge is 2.25. The average Bonchev–Trinajstić information content (AvgIpc) is 2.98. The first-order valence-corrected chi connectivity index (χ1v) is 6.53. The molecule has 1 fully saturated rings. The Balaban J connectivity index is 1.81. The zero-order valence-electron chi connectivity index (χ0n) is 10.7. The molecule has 2 aromatic rings. The van der Waals surface area contributed by atoms with Crippen LogP contribution in [0, 0.1) is 11.3 Å². The van der Waals surface area contributed by atoms with Gasteiger partial charge in [-0.3, -0.25) is 0 Å². The topological polar surface area (TPSA) is 39.9 Å². The summed E-state index contributed by atoms with van der Waals surface area (Å²) in [6.45, 7) is 1.90. The predicted octanol–water partition coefficient (Wildman–Crippen LogP) is 2.95. The van der Waals surface area contributed by atoms with Crippen LogP contribution in [-0.4, -0.2) is 18.1 Å². The molecule has 0 amide bonds. The summed E-state index contributed by atoms with van der Waals surface area (Å²) in [6.07, 6.45) is 2.87. The van der Waals surface area contributed by atoms with Crippen LogP contribution in [0.1, 0.15) is 23.5 Å². The van der Waals surface area contributed by atoms with Gasteiger partial charge >= 0.3 is 0 Å². The molecule has 1 aliphatic heterocycles. The monoisotopic (exact) mass is 249 g/mol. The molecule has 2 heterocycles. The molecule has 3 nitrogen and oxygen atoms in total. The van der Waals surface area contributed by atoms with Crippen molar-refractivity contribution in [1.82, 2.24) is 4.98 Å². The number of rotatable bonds is 2. The van der Waals surface area contributed by atoms with E-state index >= 15 is 0 Å². The van der Waals surface area contributed by atoms with E-state index in [1.807, 2.05) is 18.2 Å². The first-order valence-electron chi connectivity index (χ1n) is 6.53. The van der Waals surface area contributed by atoms with Gasteiger partial charge in [0.05, 0.1) is 5.56 Å². The van der Waals surface area contributed by atoms with Crippen LogP contribution in [-0.2, 0) is 0 Å². The smallest absolute Gasteiger partial charge is 0.146 e. The fraction of sp³-hybridized carbons (Fsp3) is 0.250. The van der Waals surface area contributed by atoms with Crippen molar-refractivity contribution in [2.24, 2.45) is 0 Å². The normalized spacial score (nSPS) is 18.3. The number of nitriles is 1. The third-order valence-electron chi connectivity index (χ3n) is 3.67. The van der Waals surface area contributed by atoms with Crippen LogP contribution < -0.4 is 4.90 Å². The van der Waals surface area contributed by atoms with E-state index in [0.29, 0.717) is 11.5 Å². The molecule has 0 radical (unpaired) electrons. The number of nitrogens with zero attached hydrogens (tertiary/aromatic N) is 3. The molecule has 0 saturated carbocycles. The van der Waals surface area contributed by atoms with Gasteiger partial charge < -0.3 is 4.90 Å². The van der Waals surface area contributed by atoms with E-state index < -0.39 is 0 Å².